The average molecular weight is 284 g/mol. The quantitative estimate of drug-likeness (QED) is 0.777. The highest BCUT2D eigenvalue weighted by molar-refractivity contribution is 9.09. The zero-order valence-corrected chi connectivity index (χ0v) is 10.8. The maximum Gasteiger partial charge on any atom is 0.229 e. The predicted molar refractivity (Wildman–Crippen MR) is 64.9 cm³/mol. The second-order valence-corrected chi connectivity index (χ2v) is 5.93. The minimum absolute atomic E-state index is 0.187. The van der Waals surface area contributed by atoms with Crippen LogP contribution in [-0.4, -0.2) is 27.1 Å². The van der Waals surface area contributed by atoms with Crippen molar-refractivity contribution in [3.05, 3.63) is 11.8 Å². The molecule has 1 unspecified atom stereocenters. The molecule has 1 saturated heterocycles. The van der Waals surface area contributed by atoms with Crippen molar-refractivity contribution in [2.24, 2.45) is 7.05 Å². The molecular formula is C11H14BrN3O. The van der Waals surface area contributed by atoms with Crippen LogP contribution in [0.4, 0.5) is 5.82 Å². The molecule has 1 atom stereocenters. The first-order valence-electron chi connectivity index (χ1n) is 5.63. The van der Waals surface area contributed by atoms with Gasteiger partial charge in [-0.05, 0) is 12.8 Å². The van der Waals surface area contributed by atoms with Crippen LogP contribution in [0.5, 0.6) is 0 Å². The topological polar surface area (TPSA) is 38.1 Å². The van der Waals surface area contributed by atoms with Gasteiger partial charge in [0.1, 0.15) is 5.82 Å². The molecule has 0 N–H and O–H groups in total. The van der Waals surface area contributed by atoms with Crippen LogP contribution in [-0.2, 0) is 11.8 Å². The van der Waals surface area contributed by atoms with Crippen molar-refractivity contribution in [2.75, 3.05) is 11.4 Å². The number of hydrogen-bond donors (Lipinski definition) is 0. The molecule has 16 heavy (non-hydrogen) atoms. The number of aryl methyl sites for hydroxylation is 1. The molecule has 0 spiro atoms. The molecule has 1 saturated carbocycles. The van der Waals surface area contributed by atoms with Crippen molar-refractivity contribution in [3.8, 4) is 0 Å². The van der Waals surface area contributed by atoms with Gasteiger partial charge >= 0.3 is 0 Å². The van der Waals surface area contributed by atoms with E-state index < -0.39 is 0 Å². The van der Waals surface area contributed by atoms with E-state index in [9.17, 15) is 4.79 Å². The fourth-order valence-electron chi connectivity index (χ4n) is 2.20. The fourth-order valence-corrected chi connectivity index (χ4v) is 2.76. The van der Waals surface area contributed by atoms with E-state index >= 15 is 0 Å². The van der Waals surface area contributed by atoms with Gasteiger partial charge < -0.3 is 0 Å². The molecule has 1 aliphatic heterocycles. The lowest BCUT2D eigenvalue weighted by Crippen LogP contribution is -2.26. The van der Waals surface area contributed by atoms with E-state index in [0.717, 1.165) is 18.1 Å². The number of carbonyl (C=O) groups is 1. The summed E-state index contributed by atoms with van der Waals surface area (Å²) in [5, 5.41) is 4.48. The minimum Gasteiger partial charge on any atom is -0.296 e. The number of halogens is 1. The lowest BCUT2D eigenvalue weighted by atomic mass is 10.3. The standard InChI is InChI=1S/C11H14BrN3O/c1-14-10(5-9(13-14)7-2-3-7)15-6-8(12)4-11(15)16/h5,7-8H,2-4,6H2,1H3. The highest BCUT2D eigenvalue weighted by Gasteiger charge is 2.33. The molecular weight excluding hydrogens is 270 g/mol. The summed E-state index contributed by atoms with van der Waals surface area (Å²) in [7, 11) is 1.91. The lowest BCUT2D eigenvalue weighted by Gasteiger charge is -2.14. The van der Waals surface area contributed by atoms with E-state index in [1.54, 1.807) is 0 Å². The molecule has 1 amide bonds. The number of aromatic nitrogens is 2. The van der Waals surface area contributed by atoms with Crippen molar-refractivity contribution in [3.63, 3.8) is 0 Å². The van der Waals surface area contributed by atoms with Crippen molar-refractivity contribution in [1.82, 2.24) is 9.78 Å². The average Bonchev–Trinajstić information content (AvgIpc) is 2.92. The Kier molecular flexibility index (Phi) is 2.31. The molecule has 0 radical (unpaired) electrons. The van der Waals surface area contributed by atoms with E-state index in [4.69, 9.17) is 0 Å². The molecule has 2 fully saturated rings. The summed E-state index contributed by atoms with van der Waals surface area (Å²) in [5.74, 6) is 1.76. The van der Waals surface area contributed by atoms with Gasteiger partial charge in [0, 0.05) is 36.8 Å². The Bertz CT molecular complexity index is 438. The smallest absolute Gasteiger partial charge is 0.229 e. The molecule has 0 aromatic carbocycles. The second-order valence-electron chi connectivity index (χ2n) is 4.63. The SMILES string of the molecule is Cn1nc(C2CC2)cc1N1CC(Br)CC1=O. The zero-order valence-electron chi connectivity index (χ0n) is 9.19. The zero-order chi connectivity index (χ0) is 11.3. The predicted octanol–water partition coefficient (Wildman–Crippen LogP) is 1.80. The Labute approximate surface area is 103 Å². The normalized spacial score (nSPS) is 25.5. The van der Waals surface area contributed by atoms with E-state index in [2.05, 4.69) is 27.1 Å². The van der Waals surface area contributed by atoms with Crippen molar-refractivity contribution >= 4 is 27.7 Å². The third kappa shape index (κ3) is 1.67. The Hall–Kier alpha value is -0.840. The van der Waals surface area contributed by atoms with Crippen LogP contribution in [0.2, 0.25) is 0 Å². The van der Waals surface area contributed by atoms with Crippen LogP contribution in [0.15, 0.2) is 6.07 Å². The molecule has 4 nitrogen and oxygen atoms in total. The third-order valence-electron chi connectivity index (χ3n) is 3.22. The number of rotatable bonds is 2. The summed E-state index contributed by atoms with van der Waals surface area (Å²) >= 11 is 3.50. The first-order chi connectivity index (χ1) is 7.65. The van der Waals surface area contributed by atoms with E-state index in [1.807, 2.05) is 16.6 Å². The van der Waals surface area contributed by atoms with Gasteiger partial charge in [0.2, 0.25) is 5.91 Å². The van der Waals surface area contributed by atoms with Gasteiger partial charge in [-0.2, -0.15) is 5.10 Å². The van der Waals surface area contributed by atoms with Crippen molar-refractivity contribution in [1.29, 1.82) is 0 Å². The first kappa shape index (κ1) is 10.3. The van der Waals surface area contributed by atoms with Crippen LogP contribution >= 0.6 is 15.9 Å². The van der Waals surface area contributed by atoms with Gasteiger partial charge in [-0.25, -0.2) is 0 Å². The molecule has 2 heterocycles. The van der Waals surface area contributed by atoms with Crippen LogP contribution < -0.4 is 4.90 Å². The van der Waals surface area contributed by atoms with Crippen LogP contribution in [0.1, 0.15) is 30.9 Å². The third-order valence-corrected chi connectivity index (χ3v) is 3.84. The summed E-state index contributed by atoms with van der Waals surface area (Å²) in [6, 6.07) is 2.07. The number of carbonyl (C=O) groups excluding carboxylic acids is 1. The van der Waals surface area contributed by atoms with Crippen LogP contribution in [0.3, 0.4) is 0 Å². The highest BCUT2D eigenvalue weighted by atomic mass is 79.9. The van der Waals surface area contributed by atoms with Gasteiger partial charge in [0.05, 0.1) is 5.69 Å². The number of nitrogens with zero attached hydrogens (tertiary/aromatic N) is 3. The molecule has 86 valence electrons. The van der Waals surface area contributed by atoms with Crippen molar-refractivity contribution in [2.45, 2.75) is 30.0 Å². The summed E-state index contributed by atoms with van der Waals surface area (Å²) in [6.07, 6.45) is 3.07. The first-order valence-corrected chi connectivity index (χ1v) is 6.55. The molecule has 1 aromatic rings. The molecule has 0 bridgehead atoms. The highest BCUT2D eigenvalue weighted by Crippen LogP contribution is 2.40. The van der Waals surface area contributed by atoms with Gasteiger partial charge in [-0.1, -0.05) is 15.9 Å². The van der Waals surface area contributed by atoms with Gasteiger partial charge in [-0.3, -0.25) is 14.4 Å². The van der Waals surface area contributed by atoms with Gasteiger partial charge in [0.25, 0.3) is 0 Å². The van der Waals surface area contributed by atoms with E-state index in [1.165, 1.54) is 12.8 Å². The number of hydrogen-bond acceptors (Lipinski definition) is 2. The number of amides is 1. The lowest BCUT2D eigenvalue weighted by molar-refractivity contribution is -0.117. The molecule has 2 aliphatic rings. The largest absolute Gasteiger partial charge is 0.296 e. The Morgan fingerprint density at radius 2 is 2.25 bits per heavy atom. The second kappa shape index (κ2) is 3.58. The Balaban J connectivity index is 1.90. The molecule has 1 aromatic heterocycles. The van der Waals surface area contributed by atoms with Crippen molar-refractivity contribution < 1.29 is 4.79 Å². The summed E-state index contributed by atoms with van der Waals surface area (Å²) in [6.45, 7) is 0.752. The summed E-state index contributed by atoms with van der Waals surface area (Å²) in [4.78, 5) is 13.9. The van der Waals surface area contributed by atoms with Gasteiger partial charge in [0.15, 0.2) is 0 Å². The van der Waals surface area contributed by atoms with E-state index in [-0.39, 0.29) is 10.7 Å². The monoisotopic (exact) mass is 283 g/mol. The molecule has 5 heteroatoms. The Morgan fingerprint density at radius 3 is 2.81 bits per heavy atom. The molecule has 1 aliphatic carbocycles. The van der Waals surface area contributed by atoms with Gasteiger partial charge in [-0.15, -0.1) is 0 Å². The minimum atomic E-state index is 0.187. The summed E-state index contributed by atoms with van der Waals surface area (Å²) < 4.78 is 1.83. The maximum absolute atomic E-state index is 11.8. The van der Waals surface area contributed by atoms with Crippen LogP contribution in [0, 0.1) is 0 Å². The fraction of sp³-hybridized carbons (Fsp3) is 0.636. The number of alkyl halides is 1. The Morgan fingerprint density at radius 1 is 1.50 bits per heavy atom. The van der Waals surface area contributed by atoms with E-state index in [0.29, 0.717) is 12.3 Å². The maximum atomic E-state index is 11.8. The summed E-state index contributed by atoms with van der Waals surface area (Å²) in [5.41, 5.74) is 1.14. The van der Waals surface area contributed by atoms with Crippen LogP contribution in [0.25, 0.3) is 0 Å². The number of anilines is 1. The molecule has 3 rings (SSSR count).